The Balaban J connectivity index is 1.50. The summed E-state index contributed by atoms with van der Waals surface area (Å²) in [6.07, 6.45) is 3.43. The average Bonchev–Trinajstić information content (AvgIpc) is 3.24. The maximum atomic E-state index is 12.5. The zero-order valence-electron chi connectivity index (χ0n) is 15.7. The number of ether oxygens (including phenoxy) is 1. The van der Waals surface area contributed by atoms with Crippen molar-refractivity contribution in [2.45, 2.75) is 11.8 Å². The van der Waals surface area contributed by atoms with E-state index >= 15 is 0 Å². The van der Waals surface area contributed by atoms with Crippen LogP contribution in [-0.4, -0.2) is 28.2 Å². The van der Waals surface area contributed by atoms with Crippen molar-refractivity contribution in [3.63, 3.8) is 0 Å². The van der Waals surface area contributed by atoms with E-state index in [1.54, 1.807) is 72.5 Å². The number of aromatic nitrogens is 4. The predicted octanol–water partition coefficient (Wildman–Crippen LogP) is 4.33. The van der Waals surface area contributed by atoms with Crippen LogP contribution in [0.3, 0.4) is 0 Å². The van der Waals surface area contributed by atoms with Crippen LogP contribution in [0.2, 0.25) is 0 Å². The first-order valence-corrected chi connectivity index (χ1v) is 11.1. The molecule has 0 bridgehead atoms. The molecule has 0 aliphatic heterocycles. The fourth-order valence-electron chi connectivity index (χ4n) is 2.64. The van der Waals surface area contributed by atoms with E-state index in [1.807, 2.05) is 0 Å². The smallest absolute Gasteiger partial charge is 0.261 e. The van der Waals surface area contributed by atoms with Gasteiger partial charge >= 0.3 is 0 Å². The molecule has 2 heterocycles. The standard InChI is InChI=1S/C20H16BrN5O3S/c1-14-23-19(26-12-2-11-22-26)13-20(24-14)29-17-7-5-16(6-8-17)25-30(27,28)18-9-3-15(21)4-10-18/h2-13,25H,1H3. The molecule has 4 aromatic rings. The topological polar surface area (TPSA) is 99.0 Å². The molecule has 0 radical (unpaired) electrons. The summed E-state index contributed by atoms with van der Waals surface area (Å²) in [6.45, 7) is 1.76. The number of hydrogen-bond donors (Lipinski definition) is 1. The second kappa shape index (κ2) is 8.25. The number of anilines is 1. The van der Waals surface area contributed by atoms with Crippen molar-refractivity contribution in [1.29, 1.82) is 0 Å². The maximum absolute atomic E-state index is 12.5. The van der Waals surface area contributed by atoms with Crippen molar-refractivity contribution in [2.24, 2.45) is 0 Å². The second-order valence-corrected chi connectivity index (χ2v) is 8.85. The van der Waals surface area contributed by atoms with Crippen LogP contribution in [0.1, 0.15) is 5.82 Å². The van der Waals surface area contributed by atoms with E-state index in [0.717, 1.165) is 4.47 Å². The molecule has 0 fully saturated rings. The molecule has 0 unspecified atom stereocenters. The highest BCUT2D eigenvalue weighted by molar-refractivity contribution is 9.10. The fourth-order valence-corrected chi connectivity index (χ4v) is 3.96. The van der Waals surface area contributed by atoms with E-state index in [2.05, 4.69) is 35.7 Å². The fraction of sp³-hybridized carbons (Fsp3) is 0.0500. The lowest BCUT2D eigenvalue weighted by molar-refractivity contribution is 0.459. The molecule has 0 saturated carbocycles. The van der Waals surface area contributed by atoms with Crippen molar-refractivity contribution in [1.82, 2.24) is 19.7 Å². The summed E-state index contributed by atoms with van der Waals surface area (Å²) in [5.41, 5.74) is 0.418. The van der Waals surface area contributed by atoms with Gasteiger partial charge in [0.05, 0.1) is 4.90 Å². The number of halogens is 1. The van der Waals surface area contributed by atoms with Crippen molar-refractivity contribution in [2.75, 3.05) is 4.72 Å². The summed E-state index contributed by atoms with van der Waals surface area (Å²) in [5, 5.41) is 4.15. The summed E-state index contributed by atoms with van der Waals surface area (Å²) < 4.78 is 35.8. The quantitative estimate of drug-likeness (QED) is 0.436. The molecule has 0 aliphatic carbocycles. The third kappa shape index (κ3) is 4.66. The molecule has 0 spiro atoms. The van der Waals surface area contributed by atoms with Crippen molar-refractivity contribution in [3.8, 4) is 17.4 Å². The first-order chi connectivity index (χ1) is 14.4. The lowest BCUT2D eigenvalue weighted by Gasteiger charge is -2.10. The Morgan fingerprint density at radius 3 is 2.43 bits per heavy atom. The Morgan fingerprint density at radius 1 is 1.03 bits per heavy atom. The predicted molar refractivity (Wildman–Crippen MR) is 115 cm³/mol. The average molecular weight is 486 g/mol. The molecular formula is C20H16BrN5O3S. The van der Waals surface area contributed by atoms with Gasteiger partial charge in [0.1, 0.15) is 11.6 Å². The Labute approximate surface area is 181 Å². The number of hydrogen-bond acceptors (Lipinski definition) is 6. The number of benzene rings is 2. The Kier molecular flexibility index (Phi) is 5.51. The molecule has 0 atom stereocenters. The van der Waals surface area contributed by atoms with E-state index in [-0.39, 0.29) is 4.90 Å². The summed E-state index contributed by atoms with van der Waals surface area (Å²) in [7, 11) is -3.68. The third-order valence-electron chi connectivity index (χ3n) is 3.99. The van der Waals surface area contributed by atoms with Crippen LogP contribution < -0.4 is 9.46 Å². The van der Waals surface area contributed by atoms with E-state index < -0.39 is 10.0 Å². The molecular weight excluding hydrogens is 470 g/mol. The molecule has 152 valence electrons. The van der Waals surface area contributed by atoms with Crippen LogP contribution in [0.4, 0.5) is 5.69 Å². The number of nitrogens with zero attached hydrogens (tertiary/aromatic N) is 4. The van der Waals surface area contributed by atoms with Gasteiger partial charge in [0.15, 0.2) is 5.82 Å². The minimum Gasteiger partial charge on any atom is -0.439 e. The molecule has 2 aromatic heterocycles. The lowest BCUT2D eigenvalue weighted by atomic mass is 10.3. The first kappa shape index (κ1) is 20.0. The lowest BCUT2D eigenvalue weighted by Crippen LogP contribution is -2.12. The second-order valence-electron chi connectivity index (χ2n) is 6.25. The Morgan fingerprint density at radius 2 is 1.77 bits per heavy atom. The highest BCUT2D eigenvalue weighted by Crippen LogP contribution is 2.24. The van der Waals surface area contributed by atoms with Gasteiger partial charge in [0, 0.05) is 28.6 Å². The monoisotopic (exact) mass is 485 g/mol. The van der Waals surface area contributed by atoms with E-state index in [9.17, 15) is 8.42 Å². The van der Waals surface area contributed by atoms with Gasteiger partial charge in [-0.1, -0.05) is 15.9 Å². The van der Waals surface area contributed by atoms with Crippen LogP contribution in [0, 0.1) is 6.92 Å². The van der Waals surface area contributed by atoms with Gasteiger partial charge in [0.25, 0.3) is 10.0 Å². The molecule has 4 rings (SSSR count). The van der Waals surface area contributed by atoms with Crippen molar-refractivity contribution < 1.29 is 13.2 Å². The van der Waals surface area contributed by atoms with Gasteiger partial charge in [-0.2, -0.15) is 10.1 Å². The van der Waals surface area contributed by atoms with Crippen LogP contribution in [0.5, 0.6) is 11.6 Å². The maximum Gasteiger partial charge on any atom is 0.261 e. The molecule has 30 heavy (non-hydrogen) atoms. The van der Waals surface area contributed by atoms with Crippen LogP contribution in [0.25, 0.3) is 5.82 Å². The molecule has 0 aliphatic rings. The Hall–Kier alpha value is -3.24. The normalized spacial score (nSPS) is 11.3. The number of rotatable bonds is 6. The van der Waals surface area contributed by atoms with Crippen molar-refractivity contribution >= 4 is 31.6 Å². The van der Waals surface area contributed by atoms with Crippen molar-refractivity contribution in [3.05, 3.63) is 83.4 Å². The molecule has 0 saturated heterocycles. The highest BCUT2D eigenvalue weighted by Gasteiger charge is 2.14. The SMILES string of the molecule is Cc1nc(Oc2ccc(NS(=O)(=O)c3ccc(Br)cc3)cc2)cc(-n2cccn2)n1. The van der Waals surface area contributed by atoms with Gasteiger partial charge in [-0.3, -0.25) is 4.72 Å². The van der Waals surface area contributed by atoms with Gasteiger partial charge < -0.3 is 4.74 Å². The van der Waals surface area contributed by atoms with E-state index in [1.165, 1.54) is 12.1 Å². The molecule has 0 amide bonds. The number of aryl methyl sites for hydroxylation is 1. The summed E-state index contributed by atoms with van der Waals surface area (Å²) in [4.78, 5) is 8.79. The highest BCUT2D eigenvalue weighted by atomic mass is 79.9. The summed E-state index contributed by atoms with van der Waals surface area (Å²) in [5.74, 6) is 1.99. The first-order valence-electron chi connectivity index (χ1n) is 8.81. The molecule has 1 N–H and O–H groups in total. The summed E-state index contributed by atoms with van der Waals surface area (Å²) >= 11 is 3.29. The minimum absolute atomic E-state index is 0.175. The van der Waals surface area contributed by atoms with E-state index in [0.29, 0.717) is 29.0 Å². The number of nitrogens with one attached hydrogen (secondary N) is 1. The van der Waals surface area contributed by atoms with Gasteiger partial charge in [-0.15, -0.1) is 0 Å². The molecule has 10 heteroatoms. The largest absolute Gasteiger partial charge is 0.439 e. The molecule has 2 aromatic carbocycles. The molecule has 8 nitrogen and oxygen atoms in total. The zero-order valence-corrected chi connectivity index (χ0v) is 18.1. The van der Waals surface area contributed by atoms with E-state index in [4.69, 9.17) is 4.74 Å². The minimum atomic E-state index is -3.68. The number of sulfonamides is 1. The van der Waals surface area contributed by atoms with Crippen LogP contribution in [0.15, 0.2) is 82.4 Å². The van der Waals surface area contributed by atoms with Crippen LogP contribution in [-0.2, 0) is 10.0 Å². The zero-order chi connectivity index (χ0) is 21.1. The van der Waals surface area contributed by atoms with Crippen LogP contribution >= 0.6 is 15.9 Å². The van der Waals surface area contributed by atoms with Gasteiger partial charge in [0.2, 0.25) is 5.88 Å². The summed E-state index contributed by atoms with van der Waals surface area (Å²) in [6, 6.07) is 16.4. The van der Waals surface area contributed by atoms with Gasteiger partial charge in [-0.25, -0.2) is 18.1 Å². The van der Waals surface area contributed by atoms with Gasteiger partial charge in [-0.05, 0) is 61.5 Å². The third-order valence-corrected chi connectivity index (χ3v) is 5.92. The Bertz CT molecular complexity index is 1260.